The van der Waals surface area contributed by atoms with Crippen molar-refractivity contribution in [3.8, 4) is 5.75 Å². The second kappa shape index (κ2) is 6.53. The van der Waals surface area contributed by atoms with E-state index in [2.05, 4.69) is 15.9 Å². The average Bonchev–Trinajstić information content (AvgIpc) is 2.30. The summed E-state index contributed by atoms with van der Waals surface area (Å²) in [7, 11) is 0. The molecular formula is C12H15BrO3. The van der Waals surface area contributed by atoms with E-state index in [1.54, 1.807) is 13.8 Å². The van der Waals surface area contributed by atoms with E-state index in [1.807, 2.05) is 24.3 Å². The second-order valence-electron chi connectivity index (χ2n) is 3.25. The quantitative estimate of drug-likeness (QED) is 0.617. The zero-order chi connectivity index (χ0) is 12.0. The molecule has 0 saturated carbocycles. The highest BCUT2D eigenvalue weighted by atomic mass is 79.9. The van der Waals surface area contributed by atoms with Crippen LogP contribution >= 0.6 is 15.9 Å². The largest absolute Gasteiger partial charge is 0.479 e. The van der Waals surface area contributed by atoms with Gasteiger partial charge in [0.1, 0.15) is 5.75 Å². The van der Waals surface area contributed by atoms with Crippen LogP contribution in [0.3, 0.4) is 0 Å². The number of alkyl halides is 1. The summed E-state index contributed by atoms with van der Waals surface area (Å²) in [5, 5.41) is 0.693. The van der Waals surface area contributed by atoms with Gasteiger partial charge < -0.3 is 9.47 Å². The highest BCUT2D eigenvalue weighted by Gasteiger charge is 2.16. The van der Waals surface area contributed by atoms with E-state index in [1.165, 1.54) is 0 Å². The lowest BCUT2D eigenvalue weighted by Gasteiger charge is -2.15. The molecule has 1 aromatic rings. The summed E-state index contributed by atoms with van der Waals surface area (Å²) in [4.78, 5) is 11.4. The molecule has 88 valence electrons. The Morgan fingerprint density at radius 1 is 1.44 bits per heavy atom. The van der Waals surface area contributed by atoms with Crippen molar-refractivity contribution >= 4 is 21.9 Å². The smallest absolute Gasteiger partial charge is 0.347 e. The highest BCUT2D eigenvalue weighted by Crippen LogP contribution is 2.21. The van der Waals surface area contributed by atoms with Gasteiger partial charge >= 0.3 is 5.97 Å². The molecule has 0 N–H and O–H groups in total. The summed E-state index contributed by atoms with van der Waals surface area (Å²) in [6.45, 7) is 3.83. The number of ether oxygens (including phenoxy) is 2. The van der Waals surface area contributed by atoms with Crippen LogP contribution in [-0.4, -0.2) is 18.7 Å². The Hall–Kier alpha value is -1.03. The molecule has 0 spiro atoms. The molecule has 0 aliphatic heterocycles. The zero-order valence-electron chi connectivity index (χ0n) is 9.40. The van der Waals surface area contributed by atoms with Gasteiger partial charge in [-0.1, -0.05) is 34.1 Å². The Labute approximate surface area is 104 Å². The predicted octanol–water partition coefficient (Wildman–Crippen LogP) is 2.91. The van der Waals surface area contributed by atoms with E-state index in [0.29, 0.717) is 17.7 Å². The first-order valence-electron chi connectivity index (χ1n) is 5.16. The molecule has 1 atom stereocenters. The lowest BCUT2D eigenvalue weighted by molar-refractivity contribution is -0.150. The van der Waals surface area contributed by atoms with Gasteiger partial charge in [-0.15, -0.1) is 0 Å². The van der Waals surface area contributed by atoms with Crippen LogP contribution in [-0.2, 0) is 14.9 Å². The second-order valence-corrected chi connectivity index (χ2v) is 3.81. The summed E-state index contributed by atoms with van der Waals surface area (Å²) in [6.07, 6.45) is -0.583. The fraction of sp³-hybridized carbons (Fsp3) is 0.417. The van der Waals surface area contributed by atoms with Crippen molar-refractivity contribution in [2.45, 2.75) is 25.3 Å². The fourth-order valence-corrected chi connectivity index (χ4v) is 1.69. The molecule has 3 nitrogen and oxygen atoms in total. The summed E-state index contributed by atoms with van der Waals surface area (Å²) in [5.74, 6) is 0.367. The van der Waals surface area contributed by atoms with Gasteiger partial charge in [0.2, 0.25) is 0 Å². The normalized spacial score (nSPS) is 11.9. The van der Waals surface area contributed by atoms with Gasteiger partial charge in [0.05, 0.1) is 6.61 Å². The van der Waals surface area contributed by atoms with Gasteiger partial charge in [-0.05, 0) is 19.9 Å². The van der Waals surface area contributed by atoms with Crippen molar-refractivity contribution < 1.29 is 14.3 Å². The van der Waals surface area contributed by atoms with Crippen molar-refractivity contribution in [1.29, 1.82) is 0 Å². The van der Waals surface area contributed by atoms with E-state index in [0.717, 1.165) is 5.56 Å². The Morgan fingerprint density at radius 2 is 2.12 bits per heavy atom. The molecular weight excluding hydrogens is 272 g/mol. The molecule has 16 heavy (non-hydrogen) atoms. The van der Waals surface area contributed by atoms with Crippen LogP contribution in [0.5, 0.6) is 5.75 Å². The fourth-order valence-electron chi connectivity index (χ4n) is 1.23. The number of esters is 1. The number of halogens is 1. The summed E-state index contributed by atoms with van der Waals surface area (Å²) in [6, 6.07) is 7.59. The summed E-state index contributed by atoms with van der Waals surface area (Å²) >= 11 is 3.37. The Bertz CT molecular complexity index is 352. The molecule has 0 amide bonds. The number of hydrogen-bond donors (Lipinski definition) is 0. The lowest BCUT2D eigenvalue weighted by Crippen LogP contribution is -2.26. The van der Waals surface area contributed by atoms with Crippen molar-refractivity contribution in [2.24, 2.45) is 0 Å². The Morgan fingerprint density at radius 3 is 2.75 bits per heavy atom. The zero-order valence-corrected chi connectivity index (χ0v) is 11.0. The standard InChI is InChI=1S/C12H15BrO3/c1-3-15-12(14)9(2)16-11-7-5-4-6-10(11)8-13/h4-7,9H,3,8H2,1-2H3. The first-order valence-corrected chi connectivity index (χ1v) is 6.28. The minimum atomic E-state index is -0.583. The maximum atomic E-state index is 11.4. The van der Waals surface area contributed by atoms with E-state index in [-0.39, 0.29) is 5.97 Å². The lowest BCUT2D eigenvalue weighted by atomic mass is 10.2. The van der Waals surface area contributed by atoms with E-state index in [9.17, 15) is 4.79 Å². The van der Waals surface area contributed by atoms with Crippen LogP contribution in [0.2, 0.25) is 0 Å². The molecule has 1 aromatic carbocycles. The number of carbonyl (C=O) groups excluding carboxylic acids is 1. The molecule has 0 aliphatic carbocycles. The van der Waals surface area contributed by atoms with Gasteiger partial charge in [-0.25, -0.2) is 4.79 Å². The van der Waals surface area contributed by atoms with Crippen molar-refractivity contribution in [3.05, 3.63) is 29.8 Å². The van der Waals surface area contributed by atoms with Gasteiger partial charge in [0, 0.05) is 10.9 Å². The summed E-state index contributed by atoms with van der Waals surface area (Å²) < 4.78 is 10.4. The van der Waals surface area contributed by atoms with E-state index < -0.39 is 6.10 Å². The Balaban J connectivity index is 2.68. The number of carbonyl (C=O) groups is 1. The van der Waals surface area contributed by atoms with Gasteiger partial charge in [-0.3, -0.25) is 0 Å². The maximum Gasteiger partial charge on any atom is 0.347 e. The number of benzene rings is 1. The third kappa shape index (κ3) is 3.52. The molecule has 0 aromatic heterocycles. The van der Waals surface area contributed by atoms with Gasteiger partial charge in [0.15, 0.2) is 6.10 Å². The minimum Gasteiger partial charge on any atom is -0.479 e. The number of rotatable bonds is 5. The monoisotopic (exact) mass is 286 g/mol. The molecule has 1 unspecified atom stereocenters. The van der Waals surface area contributed by atoms with Crippen molar-refractivity contribution in [2.75, 3.05) is 6.61 Å². The highest BCUT2D eigenvalue weighted by molar-refractivity contribution is 9.08. The third-order valence-electron chi connectivity index (χ3n) is 2.04. The van der Waals surface area contributed by atoms with Crippen LogP contribution < -0.4 is 4.74 Å². The molecule has 0 saturated heterocycles. The maximum absolute atomic E-state index is 11.4. The third-order valence-corrected chi connectivity index (χ3v) is 2.64. The van der Waals surface area contributed by atoms with Crippen LogP contribution in [0, 0.1) is 0 Å². The molecule has 0 bridgehead atoms. The molecule has 4 heteroatoms. The SMILES string of the molecule is CCOC(=O)C(C)Oc1ccccc1CBr. The van der Waals surface area contributed by atoms with Crippen LogP contribution in [0.4, 0.5) is 0 Å². The van der Waals surface area contributed by atoms with E-state index >= 15 is 0 Å². The minimum absolute atomic E-state index is 0.341. The number of para-hydroxylation sites is 1. The molecule has 0 aliphatic rings. The molecule has 0 heterocycles. The molecule has 0 radical (unpaired) electrons. The van der Waals surface area contributed by atoms with Crippen molar-refractivity contribution in [3.63, 3.8) is 0 Å². The average molecular weight is 287 g/mol. The van der Waals surface area contributed by atoms with Crippen LogP contribution in [0.15, 0.2) is 24.3 Å². The van der Waals surface area contributed by atoms with Gasteiger partial charge in [0.25, 0.3) is 0 Å². The molecule has 1 rings (SSSR count). The Kier molecular flexibility index (Phi) is 5.32. The van der Waals surface area contributed by atoms with E-state index in [4.69, 9.17) is 9.47 Å². The van der Waals surface area contributed by atoms with Crippen molar-refractivity contribution in [1.82, 2.24) is 0 Å². The topological polar surface area (TPSA) is 35.5 Å². The van der Waals surface area contributed by atoms with Gasteiger partial charge in [-0.2, -0.15) is 0 Å². The first-order chi connectivity index (χ1) is 7.69. The predicted molar refractivity (Wildman–Crippen MR) is 65.8 cm³/mol. The first kappa shape index (κ1) is 13.0. The number of hydrogen-bond acceptors (Lipinski definition) is 3. The van der Waals surface area contributed by atoms with Crippen LogP contribution in [0.1, 0.15) is 19.4 Å². The molecule has 0 fully saturated rings. The summed E-state index contributed by atoms with van der Waals surface area (Å²) in [5.41, 5.74) is 1.01. The van der Waals surface area contributed by atoms with Crippen LogP contribution in [0.25, 0.3) is 0 Å².